The zero-order valence-corrected chi connectivity index (χ0v) is 21.5. The smallest absolute Gasteiger partial charge is 0.266 e. The molecule has 7 rings (SSSR count). The summed E-state index contributed by atoms with van der Waals surface area (Å²) in [5, 5.41) is 4.28. The van der Waals surface area contributed by atoms with E-state index in [1.807, 2.05) is 73.7 Å². The van der Waals surface area contributed by atoms with Crippen LogP contribution in [0.1, 0.15) is 37.2 Å². The van der Waals surface area contributed by atoms with Crippen molar-refractivity contribution in [2.75, 3.05) is 4.90 Å². The molecule has 2 saturated heterocycles. The van der Waals surface area contributed by atoms with Crippen molar-refractivity contribution in [1.29, 1.82) is 0 Å². The maximum atomic E-state index is 14.4. The van der Waals surface area contributed by atoms with Crippen LogP contribution in [0.4, 0.5) is 5.69 Å². The minimum Gasteiger partial charge on any atom is -0.297 e. The molecule has 4 heterocycles. The van der Waals surface area contributed by atoms with Crippen molar-refractivity contribution in [3.05, 3.63) is 100 Å². The lowest BCUT2D eigenvalue weighted by Crippen LogP contribution is -2.50. The van der Waals surface area contributed by atoms with Crippen LogP contribution < -0.4 is 15.8 Å². The normalized spacial score (nSPS) is 25.5. The molecular weight excluding hydrogens is 476 g/mol. The maximum absolute atomic E-state index is 14.4. The molecule has 1 aromatic heterocycles. The van der Waals surface area contributed by atoms with E-state index in [1.54, 1.807) is 10.6 Å². The van der Waals surface area contributed by atoms with Crippen LogP contribution >= 0.6 is 0 Å². The Bertz CT molecular complexity index is 1710. The number of hydrogen-bond acceptors (Lipinski definition) is 5. The summed E-state index contributed by atoms with van der Waals surface area (Å²) in [6.07, 6.45) is 0.712. The first-order valence-corrected chi connectivity index (χ1v) is 13.2. The van der Waals surface area contributed by atoms with E-state index in [2.05, 4.69) is 19.2 Å². The van der Waals surface area contributed by atoms with Gasteiger partial charge in [0, 0.05) is 11.6 Å². The first kappa shape index (κ1) is 23.0. The van der Waals surface area contributed by atoms with Crippen molar-refractivity contribution in [1.82, 2.24) is 14.9 Å². The molecule has 7 heteroatoms. The summed E-state index contributed by atoms with van der Waals surface area (Å²) >= 11 is 0. The second-order valence-electron chi connectivity index (χ2n) is 11.1. The highest BCUT2D eigenvalue weighted by Gasteiger charge is 2.69. The van der Waals surface area contributed by atoms with E-state index in [-0.39, 0.29) is 23.4 Å². The highest BCUT2D eigenvalue weighted by Crippen LogP contribution is 2.56. The molecule has 3 aliphatic heterocycles. The molecule has 3 aromatic carbocycles. The Morgan fingerprint density at radius 1 is 0.921 bits per heavy atom. The van der Waals surface area contributed by atoms with Gasteiger partial charge in [-0.25, -0.2) is 9.88 Å². The van der Waals surface area contributed by atoms with Crippen molar-refractivity contribution >= 4 is 28.4 Å². The molecule has 4 atom stereocenters. The molecule has 2 fully saturated rings. The summed E-state index contributed by atoms with van der Waals surface area (Å²) in [4.78, 5) is 48.7. The third-order valence-electron chi connectivity index (χ3n) is 8.38. The number of nitrogens with zero attached hydrogens (tertiary/aromatic N) is 3. The number of benzene rings is 3. The standard InChI is InChI=1S/C31H28N4O3/c1-17(2)16-23-25-26(29(38)34(28(25)37)19-14-12-18(3)13-15-19)31(33-23)21-9-5-7-11-24(21)35-27(36)20-8-4-6-10-22(20)32-30(31)35/h4-15,17,23,25-26,33H,16H2,1-3H3/t23-,25-,26+,31+/m0/s1. The number of rotatable bonds is 3. The van der Waals surface area contributed by atoms with Gasteiger partial charge >= 0.3 is 0 Å². The van der Waals surface area contributed by atoms with Crippen LogP contribution in [0.25, 0.3) is 16.6 Å². The number of imide groups is 1. The van der Waals surface area contributed by atoms with Gasteiger partial charge in [0.1, 0.15) is 11.4 Å². The van der Waals surface area contributed by atoms with Crippen LogP contribution in [0, 0.1) is 24.7 Å². The van der Waals surface area contributed by atoms with Gasteiger partial charge in [-0.3, -0.25) is 24.3 Å². The Morgan fingerprint density at radius 3 is 2.39 bits per heavy atom. The van der Waals surface area contributed by atoms with E-state index in [0.717, 1.165) is 11.1 Å². The van der Waals surface area contributed by atoms with Gasteiger partial charge in [-0.15, -0.1) is 0 Å². The molecule has 1 N–H and O–H groups in total. The van der Waals surface area contributed by atoms with Gasteiger partial charge in [-0.05, 0) is 49.6 Å². The van der Waals surface area contributed by atoms with E-state index in [4.69, 9.17) is 4.98 Å². The molecule has 38 heavy (non-hydrogen) atoms. The lowest BCUT2D eigenvalue weighted by Gasteiger charge is -2.32. The predicted molar refractivity (Wildman–Crippen MR) is 145 cm³/mol. The molecule has 4 aromatic rings. The fraction of sp³-hybridized carbons (Fsp3) is 0.290. The number of aromatic nitrogens is 2. The second kappa shape index (κ2) is 7.95. The van der Waals surface area contributed by atoms with Crippen LogP contribution in [0.2, 0.25) is 0 Å². The Hall–Kier alpha value is -4.10. The monoisotopic (exact) mass is 504 g/mol. The number of amides is 2. The predicted octanol–water partition coefficient (Wildman–Crippen LogP) is 4.07. The molecule has 0 unspecified atom stereocenters. The van der Waals surface area contributed by atoms with Crippen LogP contribution in [0.5, 0.6) is 0 Å². The van der Waals surface area contributed by atoms with E-state index < -0.39 is 17.4 Å². The lowest BCUT2D eigenvalue weighted by atomic mass is 9.75. The van der Waals surface area contributed by atoms with Crippen molar-refractivity contribution < 1.29 is 9.59 Å². The third kappa shape index (κ3) is 2.88. The summed E-state index contributed by atoms with van der Waals surface area (Å²) in [7, 11) is 0. The SMILES string of the molecule is Cc1ccc(N2C(=O)[C@H]3[C@H](CC(C)C)N[C@]4(c5ccccc5-n5c4nc4ccccc4c5=O)[C@H]3C2=O)cc1. The van der Waals surface area contributed by atoms with Crippen LogP contribution in [-0.2, 0) is 15.1 Å². The van der Waals surface area contributed by atoms with Crippen molar-refractivity contribution in [3.8, 4) is 5.69 Å². The number of hydrogen-bond donors (Lipinski definition) is 1. The molecule has 0 saturated carbocycles. The van der Waals surface area contributed by atoms with E-state index in [9.17, 15) is 14.4 Å². The Kier molecular flexibility index (Phi) is 4.82. The Balaban J connectivity index is 1.52. The zero-order valence-electron chi connectivity index (χ0n) is 21.5. The van der Waals surface area contributed by atoms with Crippen LogP contribution in [-0.4, -0.2) is 27.4 Å². The minimum absolute atomic E-state index is 0.173. The van der Waals surface area contributed by atoms with Gasteiger partial charge in [0.15, 0.2) is 0 Å². The van der Waals surface area contributed by atoms with E-state index >= 15 is 0 Å². The number of para-hydroxylation sites is 2. The molecule has 3 aliphatic rings. The Morgan fingerprint density at radius 2 is 1.63 bits per heavy atom. The largest absolute Gasteiger partial charge is 0.297 e. The first-order chi connectivity index (χ1) is 18.3. The Labute approximate surface area is 220 Å². The zero-order chi connectivity index (χ0) is 26.3. The van der Waals surface area contributed by atoms with Gasteiger partial charge in [-0.1, -0.05) is 61.9 Å². The fourth-order valence-electron chi connectivity index (χ4n) is 6.88. The number of nitrogens with one attached hydrogen (secondary N) is 1. The van der Waals surface area contributed by atoms with Gasteiger partial charge in [0.05, 0.1) is 34.1 Å². The van der Waals surface area contributed by atoms with Crippen molar-refractivity contribution in [3.63, 3.8) is 0 Å². The summed E-state index contributed by atoms with van der Waals surface area (Å²) in [5.74, 6) is -0.984. The third-order valence-corrected chi connectivity index (χ3v) is 8.38. The summed E-state index contributed by atoms with van der Waals surface area (Å²) in [5.41, 5.74) is 2.45. The average molecular weight is 505 g/mol. The van der Waals surface area contributed by atoms with Crippen LogP contribution in [0.3, 0.4) is 0 Å². The van der Waals surface area contributed by atoms with Gasteiger partial charge < -0.3 is 0 Å². The number of carbonyl (C=O) groups is 2. The highest BCUT2D eigenvalue weighted by atomic mass is 16.2. The van der Waals surface area contributed by atoms with Gasteiger partial charge in [0.2, 0.25) is 11.8 Å². The maximum Gasteiger partial charge on any atom is 0.266 e. The fourth-order valence-corrected chi connectivity index (χ4v) is 6.88. The molecule has 0 radical (unpaired) electrons. The average Bonchev–Trinajstić information content (AvgIpc) is 3.48. The lowest BCUT2D eigenvalue weighted by molar-refractivity contribution is -0.123. The number of aryl methyl sites for hydroxylation is 1. The number of fused-ring (bicyclic) bond motifs is 8. The van der Waals surface area contributed by atoms with Gasteiger partial charge in [0.25, 0.3) is 5.56 Å². The second-order valence-corrected chi connectivity index (χ2v) is 11.1. The summed E-state index contributed by atoms with van der Waals surface area (Å²) in [6, 6.07) is 22.2. The van der Waals surface area contributed by atoms with Gasteiger partial charge in [-0.2, -0.15) is 0 Å². The molecule has 190 valence electrons. The molecule has 7 nitrogen and oxygen atoms in total. The molecule has 0 aliphatic carbocycles. The van der Waals surface area contributed by atoms with Crippen LogP contribution in [0.15, 0.2) is 77.6 Å². The quantitative estimate of drug-likeness (QED) is 0.425. The number of anilines is 1. The van der Waals surface area contributed by atoms with Crippen molar-refractivity contribution in [2.45, 2.75) is 38.8 Å². The molecule has 2 amide bonds. The summed E-state index contributed by atoms with van der Waals surface area (Å²) < 4.78 is 1.64. The summed E-state index contributed by atoms with van der Waals surface area (Å²) in [6.45, 7) is 6.21. The van der Waals surface area contributed by atoms with E-state index in [1.165, 1.54) is 4.90 Å². The topological polar surface area (TPSA) is 84.3 Å². The van der Waals surface area contributed by atoms with Crippen molar-refractivity contribution in [2.24, 2.45) is 17.8 Å². The molecular formula is C31H28N4O3. The van der Waals surface area contributed by atoms with E-state index in [0.29, 0.717) is 40.4 Å². The molecule has 0 bridgehead atoms. The highest BCUT2D eigenvalue weighted by molar-refractivity contribution is 6.23. The number of carbonyl (C=O) groups excluding carboxylic acids is 2. The first-order valence-electron chi connectivity index (χ1n) is 13.2. The minimum atomic E-state index is -1.10. The molecule has 1 spiro atoms.